The van der Waals surface area contributed by atoms with Gasteiger partial charge in [-0.3, -0.25) is 4.79 Å². The van der Waals surface area contributed by atoms with Gasteiger partial charge >= 0.3 is 0 Å². The van der Waals surface area contributed by atoms with E-state index in [0.29, 0.717) is 11.4 Å². The van der Waals surface area contributed by atoms with Crippen LogP contribution in [0.5, 0.6) is 0 Å². The standard InChI is InChI=1S/C16H16N6O/c23-16(20-13-3-5-14-17-7-9-21(14)11-13)12-2-4-15(18-10-12)22-8-1-6-19-22/h1-2,4,6-10,13H,3,5,11H2,(H,20,23)/t13-/m0/s1. The number of imidazole rings is 1. The lowest BCUT2D eigenvalue weighted by Crippen LogP contribution is -2.40. The number of aromatic nitrogens is 5. The summed E-state index contributed by atoms with van der Waals surface area (Å²) in [5.41, 5.74) is 0.553. The number of hydrogen-bond acceptors (Lipinski definition) is 4. The Labute approximate surface area is 133 Å². The molecule has 3 aromatic heterocycles. The Balaban J connectivity index is 1.43. The van der Waals surface area contributed by atoms with Gasteiger partial charge < -0.3 is 9.88 Å². The zero-order valence-electron chi connectivity index (χ0n) is 12.5. The number of nitrogens with one attached hydrogen (secondary N) is 1. The minimum absolute atomic E-state index is 0.0990. The molecule has 1 amide bonds. The molecule has 0 spiro atoms. The fourth-order valence-corrected chi connectivity index (χ4v) is 2.81. The number of amides is 1. The van der Waals surface area contributed by atoms with E-state index in [1.54, 1.807) is 35.4 Å². The third-order valence-corrected chi connectivity index (χ3v) is 4.02. The average molecular weight is 308 g/mol. The summed E-state index contributed by atoms with van der Waals surface area (Å²) >= 11 is 0. The Morgan fingerprint density at radius 2 is 2.17 bits per heavy atom. The summed E-state index contributed by atoms with van der Waals surface area (Å²) in [5.74, 6) is 1.67. The molecule has 3 aromatic rings. The van der Waals surface area contributed by atoms with Gasteiger partial charge in [-0.25, -0.2) is 14.6 Å². The largest absolute Gasteiger partial charge is 0.347 e. The molecule has 7 heteroatoms. The van der Waals surface area contributed by atoms with Crippen LogP contribution in [0.2, 0.25) is 0 Å². The molecule has 7 nitrogen and oxygen atoms in total. The monoisotopic (exact) mass is 308 g/mol. The van der Waals surface area contributed by atoms with Crippen LogP contribution in [0.15, 0.2) is 49.2 Å². The van der Waals surface area contributed by atoms with Crippen molar-refractivity contribution < 1.29 is 4.79 Å². The van der Waals surface area contributed by atoms with Gasteiger partial charge in [-0.15, -0.1) is 0 Å². The Morgan fingerprint density at radius 3 is 2.96 bits per heavy atom. The van der Waals surface area contributed by atoms with Crippen LogP contribution in [-0.4, -0.2) is 36.3 Å². The van der Waals surface area contributed by atoms with Crippen LogP contribution in [0, 0.1) is 0 Å². The number of hydrogen-bond donors (Lipinski definition) is 1. The highest BCUT2D eigenvalue weighted by Gasteiger charge is 2.20. The fraction of sp³-hybridized carbons (Fsp3) is 0.250. The lowest BCUT2D eigenvalue weighted by atomic mass is 10.1. The van der Waals surface area contributed by atoms with Crippen molar-refractivity contribution in [2.75, 3.05) is 0 Å². The van der Waals surface area contributed by atoms with E-state index in [2.05, 4.69) is 25.0 Å². The highest BCUT2D eigenvalue weighted by Crippen LogP contribution is 2.14. The Kier molecular flexibility index (Phi) is 3.38. The first kappa shape index (κ1) is 13.7. The molecule has 0 saturated heterocycles. The topological polar surface area (TPSA) is 77.6 Å². The Hall–Kier alpha value is -2.96. The molecule has 0 fully saturated rings. The van der Waals surface area contributed by atoms with Crippen molar-refractivity contribution in [1.29, 1.82) is 0 Å². The normalized spacial score (nSPS) is 16.8. The van der Waals surface area contributed by atoms with Crippen LogP contribution in [0.1, 0.15) is 22.6 Å². The van der Waals surface area contributed by atoms with E-state index in [0.717, 1.165) is 25.2 Å². The predicted molar refractivity (Wildman–Crippen MR) is 83.2 cm³/mol. The van der Waals surface area contributed by atoms with Crippen LogP contribution in [0.25, 0.3) is 5.82 Å². The van der Waals surface area contributed by atoms with Crippen molar-refractivity contribution in [3.63, 3.8) is 0 Å². The lowest BCUT2D eigenvalue weighted by molar-refractivity contribution is 0.0927. The van der Waals surface area contributed by atoms with Gasteiger partial charge in [-0.2, -0.15) is 5.10 Å². The predicted octanol–water partition coefficient (Wildman–Crippen LogP) is 1.21. The second-order valence-corrected chi connectivity index (χ2v) is 5.56. The van der Waals surface area contributed by atoms with Crippen LogP contribution in [0.4, 0.5) is 0 Å². The molecule has 0 saturated carbocycles. The minimum Gasteiger partial charge on any atom is -0.347 e. The zero-order valence-corrected chi connectivity index (χ0v) is 12.5. The molecular formula is C16H16N6O. The van der Waals surface area contributed by atoms with Crippen molar-refractivity contribution in [2.24, 2.45) is 0 Å². The Bertz CT molecular complexity index is 805. The molecule has 1 aliphatic rings. The van der Waals surface area contributed by atoms with E-state index in [4.69, 9.17) is 0 Å². The third kappa shape index (κ3) is 2.73. The summed E-state index contributed by atoms with van der Waals surface area (Å²) in [4.78, 5) is 20.9. The number of carbonyl (C=O) groups is 1. The average Bonchev–Trinajstić information content (AvgIpc) is 3.26. The first-order valence-electron chi connectivity index (χ1n) is 7.56. The molecule has 4 rings (SSSR count). The summed E-state index contributed by atoms with van der Waals surface area (Å²) < 4.78 is 3.75. The van der Waals surface area contributed by atoms with Crippen LogP contribution in [-0.2, 0) is 13.0 Å². The van der Waals surface area contributed by atoms with E-state index >= 15 is 0 Å². The minimum atomic E-state index is -0.0990. The molecule has 0 aromatic carbocycles. The first-order valence-corrected chi connectivity index (χ1v) is 7.56. The van der Waals surface area contributed by atoms with Gasteiger partial charge in [0.2, 0.25) is 0 Å². The second kappa shape index (κ2) is 5.68. The number of carbonyl (C=O) groups excluding carboxylic acids is 1. The number of fused-ring (bicyclic) bond motifs is 1. The van der Waals surface area contributed by atoms with E-state index in [1.807, 2.05) is 18.5 Å². The fourth-order valence-electron chi connectivity index (χ4n) is 2.81. The molecule has 0 bridgehead atoms. The highest BCUT2D eigenvalue weighted by molar-refractivity contribution is 5.94. The van der Waals surface area contributed by atoms with Gasteiger partial charge in [0.25, 0.3) is 5.91 Å². The summed E-state index contributed by atoms with van der Waals surface area (Å²) in [7, 11) is 0. The maximum absolute atomic E-state index is 12.4. The van der Waals surface area contributed by atoms with Gasteiger partial charge in [0.1, 0.15) is 5.82 Å². The van der Waals surface area contributed by atoms with E-state index in [-0.39, 0.29) is 11.9 Å². The third-order valence-electron chi connectivity index (χ3n) is 4.02. The van der Waals surface area contributed by atoms with E-state index < -0.39 is 0 Å². The number of aryl methyl sites for hydroxylation is 1. The van der Waals surface area contributed by atoms with Gasteiger partial charge in [-0.1, -0.05) is 0 Å². The van der Waals surface area contributed by atoms with Crippen molar-refractivity contribution in [3.05, 3.63) is 60.6 Å². The summed E-state index contributed by atoms with van der Waals surface area (Å²) in [6, 6.07) is 5.51. The van der Waals surface area contributed by atoms with E-state index in [1.165, 1.54) is 0 Å². The van der Waals surface area contributed by atoms with Crippen LogP contribution < -0.4 is 5.32 Å². The maximum Gasteiger partial charge on any atom is 0.253 e. The second-order valence-electron chi connectivity index (χ2n) is 5.56. The van der Waals surface area contributed by atoms with E-state index in [9.17, 15) is 4.79 Å². The molecule has 4 heterocycles. The van der Waals surface area contributed by atoms with Crippen molar-refractivity contribution in [1.82, 2.24) is 29.6 Å². The smallest absolute Gasteiger partial charge is 0.253 e. The maximum atomic E-state index is 12.4. The van der Waals surface area contributed by atoms with Crippen molar-refractivity contribution >= 4 is 5.91 Å². The van der Waals surface area contributed by atoms with Crippen LogP contribution >= 0.6 is 0 Å². The molecular weight excluding hydrogens is 292 g/mol. The molecule has 0 radical (unpaired) electrons. The lowest BCUT2D eigenvalue weighted by Gasteiger charge is -2.24. The summed E-state index contributed by atoms with van der Waals surface area (Å²) in [6.45, 7) is 0.764. The number of pyridine rings is 1. The SMILES string of the molecule is O=C(N[C@H]1CCc2nccn2C1)c1ccc(-n2cccn2)nc1. The zero-order chi connectivity index (χ0) is 15.6. The summed E-state index contributed by atoms with van der Waals surface area (Å²) in [5, 5.41) is 7.19. The molecule has 1 N–H and O–H groups in total. The van der Waals surface area contributed by atoms with Gasteiger partial charge in [-0.05, 0) is 24.6 Å². The quantitative estimate of drug-likeness (QED) is 0.789. The molecule has 116 valence electrons. The molecule has 0 aliphatic carbocycles. The first-order chi connectivity index (χ1) is 11.3. The van der Waals surface area contributed by atoms with Gasteiger partial charge in [0, 0.05) is 50.0 Å². The molecule has 0 unspecified atom stereocenters. The number of nitrogens with zero attached hydrogens (tertiary/aromatic N) is 5. The summed E-state index contributed by atoms with van der Waals surface area (Å²) in [6.07, 6.45) is 10.6. The van der Waals surface area contributed by atoms with Crippen molar-refractivity contribution in [2.45, 2.75) is 25.4 Å². The van der Waals surface area contributed by atoms with Crippen LogP contribution in [0.3, 0.4) is 0 Å². The van der Waals surface area contributed by atoms with Gasteiger partial charge in [0.15, 0.2) is 5.82 Å². The molecule has 1 aliphatic heterocycles. The van der Waals surface area contributed by atoms with Crippen molar-refractivity contribution in [3.8, 4) is 5.82 Å². The highest BCUT2D eigenvalue weighted by atomic mass is 16.1. The number of rotatable bonds is 3. The Morgan fingerprint density at radius 1 is 1.22 bits per heavy atom. The molecule has 23 heavy (non-hydrogen) atoms. The molecule has 1 atom stereocenters. The van der Waals surface area contributed by atoms with Gasteiger partial charge in [0.05, 0.1) is 5.56 Å².